The summed E-state index contributed by atoms with van der Waals surface area (Å²) < 4.78 is 4.89. The molecule has 0 saturated carbocycles. The molecule has 0 saturated heterocycles. The van der Waals surface area contributed by atoms with Gasteiger partial charge in [-0.1, -0.05) is 12.1 Å². The van der Waals surface area contributed by atoms with Crippen molar-refractivity contribution in [2.45, 2.75) is 6.92 Å². The molecule has 3 N–H and O–H groups in total. The monoisotopic (exact) mass is 294 g/mol. The SMILES string of the molecule is COCCNC(=S)N/N=C\c1ccc(NC(C)=O)cc1. The first-order valence-corrected chi connectivity index (χ1v) is 6.46. The maximum absolute atomic E-state index is 10.9. The fourth-order valence-corrected chi connectivity index (χ4v) is 1.48. The summed E-state index contributed by atoms with van der Waals surface area (Å²) in [5.41, 5.74) is 4.35. The Morgan fingerprint density at radius 3 is 2.70 bits per heavy atom. The number of nitrogens with one attached hydrogen (secondary N) is 3. The van der Waals surface area contributed by atoms with Crippen LogP contribution in [0.15, 0.2) is 29.4 Å². The van der Waals surface area contributed by atoms with Gasteiger partial charge in [-0.25, -0.2) is 0 Å². The van der Waals surface area contributed by atoms with E-state index in [1.54, 1.807) is 25.5 Å². The van der Waals surface area contributed by atoms with Crippen LogP contribution in [0, 0.1) is 0 Å². The first kappa shape index (κ1) is 16.1. The minimum Gasteiger partial charge on any atom is -0.383 e. The first-order chi connectivity index (χ1) is 9.61. The number of rotatable bonds is 6. The lowest BCUT2D eigenvalue weighted by Gasteiger charge is -2.05. The van der Waals surface area contributed by atoms with Gasteiger partial charge in [0.2, 0.25) is 5.91 Å². The van der Waals surface area contributed by atoms with E-state index in [1.165, 1.54) is 6.92 Å². The van der Waals surface area contributed by atoms with E-state index in [0.29, 0.717) is 18.3 Å². The predicted molar refractivity (Wildman–Crippen MR) is 84.0 cm³/mol. The second kappa shape index (κ2) is 9.00. The van der Waals surface area contributed by atoms with Crippen LogP contribution in [0.5, 0.6) is 0 Å². The number of carbonyl (C=O) groups excluding carboxylic acids is 1. The highest BCUT2D eigenvalue weighted by Crippen LogP contribution is 2.07. The van der Waals surface area contributed by atoms with Crippen LogP contribution in [0.1, 0.15) is 12.5 Å². The summed E-state index contributed by atoms with van der Waals surface area (Å²) in [7, 11) is 1.63. The molecule has 1 aromatic carbocycles. The summed E-state index contributed by atoms with van der Waals surface area (Å²) in [4.78, 5) is 10.9. The maximum Gasteiger partial charge on any atom is 0.221 e. The van der Waals surface area contributed by atoms with E-state index in [2.05, 4.69) is 21.2 Å². The van der Waals surface area contributed by atoms with Crippen molar-refractivity contribution in [3.63, 3.8) is 0 Å². The number of benzene rings is 1. The second-order valence-electron chi connectivity index (χ2n) is 3.92. The van der Waals surface area contributed by atoms with Crippen LogP contribution in [-0.2, 0) is 9.53 Å². The van der Waals surface area contributed by atoms with Crippen LogP contribution in [-0.4, -0.2) is 37.5 Å². The number of nitrogens with zero attached hydrogens (tertiary/aromatic N) is 1. The van der Waals surface area contributed by atoms with Crippen LogP contribution in [0.25, 0.3) is 0 Å². The van der Waals surface area contributed by atoms with Gasteiger partial charge in [0, 0.05) is 26.3 Å². The van der Waals surface area contributed by atoms with Gasteiger partial charge in [0.25, 0.3) is 0 Å². The van der Waals surface area contributed by atoms with E-state index in [9.17, 15) is 4.79 Å². The molecule has 0 aliphatic heterocycles. The topological polar surface area (TPSA) is 74.8 Å². The van der Waals surface area contributed by atoms with Crippen molar-refractivity contribution in [3.05, 3.63) is 29.8 Å². The molecule has 0 bridgehead atoms. The van der Waals surface area contributed by atoms with Gasteiger partial charge in [-0.2, -0.15) is 5.10 Å². The molecule has 0 aromatic heterocycles. The number of hydrogen-bond donors (Lipinski definition) is 3. The summed E-state index contributed by atoms with van der Waals surface area (Å²) in [6, 6.07) is 7.30. The third kappa shape index (κ3) is 6.81. The molecule has 0 aliphatic rings. The fourth-order valence-electron chi connectivity index (χ4n) is 1.33. The van der Waals surface area contributed by atoms with Crippen LogP contribution in [0.4, 0.5) is 5.69 Å². The van der Waals surface area contributed by atoms with E-state index in [0.717, 1.165) is 11.3 Å². The number of ether oxygens (including phenoxy) is 1. The van der Waals surface area contributed by atoms with Crippen LogP contribution in [0.2, 0.25) is 0 Å². The molecule has 0 fully saturated rings. The lowest BCUT2D eigenvalue weighted by atomic mass is 10.2. The Balaban J connectivity index is 2.38. The van der Waals surface area contributed by atoms with Crippen LogP contribution in [0.3, 0.4) is 0 Å². The number of amides is 1. The van der Waals surface area contributed by atoms with Crippen molar-refractivity contribution in [1.82, 2.24) is 10.7 Å². The average molecular weight is 294 g/mol. The Morgan fingerprint density at radius 2 is 2.10 bits per heavy atom. The quantitative estimate of drug-likeness (QED) is 0.317. The molecule has 0 heterocycles. The number of carbonyl (C=O) groups is 1. The van der Waals surface area contributed by atoms with Crippen molar-refractivity contribution >= 4 is 35.1 Å². The van der Waals surface area contributed by atoms with E-state index in [4.69, 9.17) is 17.0 Å². The molecule has 0 unspecified atom stereocenters. The number of methoxy groups -OCH3 is 1. The van der Waals surface area contributed by atoms with Crippen LogP contribution >= 0.6 is 12.2 Å². The van der Waals surface area contributed by atoms with Crippen LogP contribution < -0.4 is 16.1 Å². The normalized spacial score (nSPS) is 10.3. The standard InChI is InChI=1S/C13H18N4O2S/c1-10(18)16-12-5-3-11(4-6-12)9-15-17-13(20)14-7-8-19-2/h3-6,9H,7-8H2,1-2H3,(H,16,18)(H2,14,17,20)/b15-9-. The number of thiocarbonyl (C=S) groups is 1. The molecule has 6 nitrogen and oxygen atoms in total. The zero-order chi connectivity index (χ0) is 14.8. The van der Waals surface area contributed by atoms with Gasteiger partial charge in [-0.05, 0) is 29.9 Å². The smallest absolute Gasteiger partial charge is 0.221 e. The van der Waals surface area contributed by atoms with E-state index in [-0.39, 0.29) is 5.91 Å². The Bertz CT molecular complexity index is 474. The molecule has 1 amide bonds. The minimum atomic E-state index is -0.0967. The second-order valence-corrected chi connectivity index (χ2v) is 4.33. The molecule has 0 aliphatic carbocycles. The fraction of sp³-hybridized carbons (Fsp3) is 0.308. The predicted octanol–water partition coefficient (Wildman–Crippen LogP) is 1.09. The zero-order valence-electron chi connectivity index (χ0n) is 11.5. The molecule has 1 aromatic rings. The number of hydrogen-bond acceptors (Lipinski definition) is 4. The summed E-state index contributed by atoms with van der Waals surface area (Å²) in [5, 5.41) is 10.1. The Morgan fingerprint density at radius 1 is 1.40 bits per heavy atom. The Labute approximate surface area is 123 Å². The van der Waals surface area contributed by atoms with Gasteiger partial charge in [0.15, 0.2) is 5.11 Å². The highest BCUT2D eigenvalue weighted by Gasteiger charge is 1.95. The van der Waals surface area contributed by atoms with E-state index >= 15 is 0 Å². The summed E-state index contributed by atoms with van der Waals surface area (Å²) >= 11 is 5.01. The molecule has 7 heteroatoms. The van der Waals surface area contributed by atoms with Crippen molar-refractivity contribution < 1.29 is 9.53 Å². The van der Waals surface area contributed by atoms with Gasteiger partial charge < -0.3 is 15.4 Å². The van der Waals surface area contributed by atoms with Crippen molar-refractivity contribution in [2.75, 3.05) is 25.6 Å². The first-order valence-electron chi connectivity index (χ1n) is 6.05. The van der Waals surface area contributed by atoms with Gasteiger partial charge >= 0.3 is 0 Å². The summed E-state index contributed by atoms with van der Waals surface area (Å²) in [5.74, 6) is -0.0967. The molecule has 0 atom stereocenters. The molecular weight excluding hydrogens is 276 g/mol. The summed E-state index contributed by atoms with van der Waals surface area (Å²) in [6.45, 7) is 2.68. The van der Waals surface area contributed by atoms with Crippen molar-refractivity contribution in [2.24, 2.45) is 5.10 Å². The van der Waals surface area contributed by atoms with E-state index in [1.807, 2.05) is 12.1 Å². The third-order valence-corrected chi connectivity index (χ3v) is 2.44. The van der Waals surface area contributed by atoms with Gasteiger partial charge in [-0.3, -0.25) is 10.2 Å². The highest BCUT2D eigenvalue weighted by atomic mass is 32.1. The molecule has 20 heavy (non-hydrogen) atoms. The lowest BCUT2D eigenvalue weighted by Crippen LogP contribution is -2.34. The van der Waals surface area contributed by atoms with Gasteiger partial charge in [0.05, 0.1) is 12.8 Å². The maximum atomic E-state index is 10.9. The molecule has 108 valence electrons. The number of anilines is 1. The molecule has 1 rings (SSSR count). The molecule has 0 radical (unpaired) electrons. The van der Waals surface area contributed by atoms with Crippen molar-refractivity contribution in [3.8, 4) is 0 Å². The average Bonchev–Trinajstić information content (AvgIpc) is 2.40. The molecular formula is C13H18N4O2S. The highest BCUT2D eigenvalue weighted by molar-refractivity contribution is 7.80. The van der Waals surface area contributed by atoms with Gasteiger partial charge in [0.1, 0.15) is 0 Å². The summed E-state index contributed by atoms with van der Waals surface area (Å²) in [6.07, 6.45) is 1.64. The van der Waals surface area contributed by atoms with Gasteiger partial charge in [-0.15, -0.1) is 0 Å². The molecule has 0 spiro atoms. The van der Waals surface area contributed by atoms with Crippen molar-refractivity contribution in [1.29, 1.82) is 0 Å². The van der Waals surface area contributed by atoms with E-state index < -0.39 is 0 Å². The lowest BCUT2D eigenvalue weighted by molar-refractivity contribution is -0.114. The largest absolute Gasteiger partial charge is 0.383 e. The Kier molecular flexibility index (Phi) is 7.23. The Hall–Kier alpha value is -1.99. The third-order valence-electron chi connectivity index (χ3n) is 2.20. The number of hydrazone groups is 1. The minimum absolute atomic E-state index is 0.0967. The zero-order valence-corrected chi connectivity index (χ0v) is 12.3.